The highest BCUT2D eigenvalue weighted by Crippen LogP contribution is 2.43. The molecule has 0 amide bonds. The van der Waals surface area contributed by atoms with E-state index in [0.29, 0.717) is 29.6 Å². The number of nitrogens with zero attached hydrogens (tertiary/aromatic N) is 2. The minimum Gasteiger partial charge on any atom is -0.480 e. The first-order valence-electron chi connectivity index (χ1n) is 5.87. The van der Waals surface area contributed by atoms with E-state index >= 15 is 0 Å². The summed E-state index contributed by atoms with van der Waals surface area (Å²) in [6.07, 6.45) is 4.39. The molecule has 2 atom stereocenters. The predicted molar refractivity (Wildman–Crippen MR) is 71.1 cm³/mol. The zero-order valence-corrected chi connectivity index (χ0v) is 10.7. The van der Waals surface area contributed by atoms with Crippen LogP contribution in [0.3, 0.4) is 0 Å². The fourth-order valence-corrected chi connectivity index (χ4v) is 3.48. The molecular weight excluding hydrogens is 266 g/mol. The Labute approximate surface area is 112 Å². The number of aromatic nitrogens is 3. The Hall–Kier alpha value is -1.89. The first-order chi connectivity index (χ1) is 9.15. The molecule has 0 bridgehead atoms. The first kappa shape index (κ1) is 12.2. The molecule has 0 spiro atoms. The number of fused-ring (bicyclic) bond motifs is 1. The Morgan fingerprint density at radius 1 is 1.47 bits per heavy atom. The summed E-state index contributed by atoms with van der Waals surface area (Å²) in [6.45, 7) is 0. The quantitative estimate of drug-likeness (QED) is 0.860. The lowest BCUT2D eigenvalue weighted by Crippen LogP contribution is -2.14. The topological polar surface area (TPSA) is 95.9 Å². The minimum atomic E-state index is -0.808. The molecule has 6 nitrogen and oxygen atoms in total. The van der Waals surface area contributed by atoms with Crippen LogP contribution < -0.4 is 5.56 Å². The molecule has 1 aliphatic heterocycles. The van der Waals surface area contributed by atoms with Crippen LogP contribution in [0.4, 0.5) is 0 Å². The molecule has 0 unspecified atom stereocenters. The Balaban J connectivity index is 1.98. The van der Waals surface area contributed by atoms with Gasteiger partial charge in [-0.1, -0.05) is 0 Å². The van der Waals surface area contributed by atoms with E-state index < -0.39 is 11.2 Å². The Kier molecular flexibility index (Phi) is 2.98. The lowest BCUT2D eigenvalue weighted by atomic mass is 10.2. The number of aromatic amines is 1. The van der Waals surface area contributed by atoms with Crippen molar-refractivity contribution in [3.63, 3.8) is 0 Å². The second kappa shape index (κ2) is 4.65. The molecule has 98 valence electrons. The van der Waals surface area contributed by atoms with E-state index in [4.69, 9.17) is 5.11 Å². The fourth-order valence-electron chi connectivity index (χ4n) is 2.18. The molecule has 1 saturated heterocycles. The number of thioether (sulfide) groups is 1. The van der Waals surface area contributed by atoms with Crippen LogP contribution in [0.1, 0.15) is 23.9 Å². The summed E-state index contributed by atoms with van der Waals surface area (Å²) in [4.78, 5) is 33.9. The van der Waals surface area contributed by atoms with Crippen LogP contribution in [-0.2, 0) is 4.79 Å². The molecule has 0 aromatic carbocycles. The van der Waals surface area contributed by atoms with Gasteiger partial charge in [-0.3, -0.25) is 14.6 Å². The summed E-state index contributed by atoms with van der Waals surface area (Å²) in [5.74, 6) is -0.267. The number of rotatable bonds is 2. The maximum Gasteiger partial charge on any atom is 0.316 e. The largest absolute Gasteiger partial charge is 0.480 e. The van der Waals surface area contributed by atoms with Gasteiger partial charge in [-0.15, -0.1) is 11.8 Å². The number of H-pyrrole nitrogens is 1. The number of pyridine rings is 1. The zero-order valence-electron chi connectivity index (χ0n) is 9.87. The number of nitrogens with one attached hydrogen (secondary N) is 1. The van der Waals surface area contributed by atoms with Crippen molar-refractivity contribution in [2.45, 2.75) is 23.3 Å². The van der Waals surface area contributed by atoms with E-state index in [9.17, 15) is 9.59 Å². The molecule has 0 saturated carbocycles. The third-order valence-electron chi connectivity index (χ3n) is 3.13. The Morgan fingerprint density at radius 3 is 3.05 bits per heavy atom. The number of aliphatic carboxylic acids is 1. The summed E-state index contributed by atoms with van der Waals surface area (Å²) < 4.78 is 0. The third-order valence-corrected chi connectivity index (χ3v) is 4.68. The van der Waals surface area contributed by atoms with Crippen molar-refractivity contribution in [2.75, 3.05) is 0 Å². The molecule has 0 radical (unpaired) electrons. The molecule has 3 heterocycles. The van der Waals surface area contributed by atoms with Crippen LogP contribution in [0.2, 0.25) is 0 Å². The normalized spacial score (nSPS) is 22.7. The standard InChI is InChI=1S/C12H11N3O3S/c16-11-6-3-4-13-5-7(6)14-10(15-11)8-1-2-9(19-8)12(17)18/h3-5,8-9H,1-2H2,(H,17,18)(H,14,15,16)/t8-,9-/m0/s1. The van der Waals surface area contributed by atoms with Gasteiger partial charge in [-0.2, -0.15) is 0 Å². The number of carboxylic acids is 1. The van der Waals surface area contributed by atoms with Crippen LogP contribution in [0, 0.1) is 0 Å². The maximum absolute atomic E-state index is 11.9. The number of carboxylic acid groups (broad SMARTS) is 1. The Morgan fingerprint density at radius 2 is 2.32 bits per heavy atom. The summed E-state index contributed by atoms with van der Waals surface area (Å²) in [5, 5.41) is 8.99. The molecular formula is C12H11N3O3S. The average molecular weight is 277 g/mol. The van der Waals surface area contributed by atoms with Crippen LogP contribution >= 0.6 is 11.8 Å². The number of carbonyl (C=O) groups is 1. The van der Waals surface area contributed by atoms with Gasteiger partial charge >= 0.3 is 5.97 Å². The molecule has 1 fully saturated rings. The average Bonchev–Trinajstić information content (AvgIpc) is 2.88. The van der Waals surface area contributed by atoms with Crippen LogP contribution in [-0.4, -0.2) is 31.3 Å². The molecule has 2 N–H and O–H groups in total. The first-order valence-corrected chi connectivity index (χ1v) is 6.81. The van der Waals surface area contributed by atoms with Gasteiger partial charge in [0.05, 0.1) is 22.3 Å². The highest BCUT2D eigenvalue weighted by Gasteiger charge is 2.32. The SMILES string of the molecule is O=C(O)[C@@H]1CC[C@@H](c2nc3cnccc3c(=O)[nH]2)S1. The molecule has 0 aliphatic carbocycles. The number of hydrogen-bond acceptors (Lipinski definition) is 5. The summed E-state index contributed by atoms with van der Waals surface area (Å²) in [5.41, 5.74) is 0.336. The molecule has 3 rings (SSSR count). The van der Waals surface area contributed by atoms with Crippen molar-refractivity contribution in [2.24, 2.45) is 0 Å². The van der Waals surface area contributed by atoms with E-state index in [1.54, 1.807) is 18.5 Å². The van der Waals surface area contributed by atoms with Crippen LogP contribution in [0.5, 0.6) is 0 Å². The summed E-state index contributed by atoms with van der Waals surface area (Å²) >= 11 is 1.34. The summed E-state index contributed by atoms with van der Waals surface area (Å²) in [6, 6.07) is 1.62. The van der Waals surface area contributed by atoms with Crippen molar-refractivity contribution in [1.82, 2.24) is 15.0 Å². The van der Waals surface area contributed by atoms with Crippen molar-refractivity contribution >= 4 is 28.6 Å². The second-order valence-electron chi connectivity index (χ2n) is 4.37. The van der Waals surface area contributed by atoms with Crippen LogP contribution in [0.15, 0.2) is 23.3 Å². The molecule has 2 aromatic heterocycles. The van der Waals surface area contributed by atoms with Crippen molar-refractivity contribution in [3.8, 4) is 0 Å². The van der Waals surface area contributed by atoms with E-state index in [1.807, 2.05) is 0 Å². The van der Waals surface area contributed by atoms with E-state index in [1.165, 1.54) is 11.8 Å². The van der Waals surface area contributed by atoms with Gasteiger partial charge in [0, 0.05) is 6.20 Å². The zero-order chi connectivity index (χ0) is 13.4. The minimum absolute atomic E-state index is 0.0709. The van der Waals surface area contributed by atoms with Crippen molar-refractivity contribution in [3.05, 3.63) is 34.6 Å². The molecule has 7 heteroatoms. The monoisotopic (exact) mass is 277 g/mol. The van der Waals surface area contributed by atoms with Gasteiger partial charge in [-0.25, -0.2) is 4.98 Å². The van der Waals surface area contributed by atoms with Crippen molar-refractivity contribution < 1.29 is 9.90 Å². The lowest BCUT2D eigenvalue weighted by molar-refractivity contribution is -0.136. The highest BCUT2D eigenvalue weighted by molar-refractivity contribution is 8.01. The van der Waals surface area contributed by atoms with Gasteiger partial charge in [0.15, 0.2) is 0 Å². The third kappa shape index (κ3) is 2.21. The van der Waals surface area contributed by atoms with Crippen molar-refractivity contribution in [1.29, 1.82) is 0 Å². The maximum atomic E-state index is 11.9. The number of hydrogen-bond donors (Lipinski definition) is 2. The van der Waals surface area contributed by atoms with Gasteiger partial charge < -0.3 is 10.1 Å². The predicted octanol–water partition coefficient (Wildman–Crippen LogP) is 1.34. The van der Waals surface area contributed by atoms with E-state index in [-0.39, 0.29) is 10.8 Å². The smallest absolute Gasteiger partial charge is 0.316 e. The van der Waals surface area contributed by atoms with Crippen LogP contribution in [0.25, 0.3) is 10.9 Å². The van der Waals surface area contributed by atoms with E-state index in [2.05, 4.69) is 15.0 Å². The lowest BCUT2D eigenvalue weighted by Gasteiger charge is -2.09. The van der Waals surface area contributed by atoms with E-state index in [0.717, 1.165) is 0 Å². The summed E-state index contributed by atoms with van der Waals surface area (Å²) in [7, 11) is 0. The second-order valence-corrected chi connectivity index (χ2v) is 5.78. The van der Waals surface area contributed by atoms with Gasteiger partial charge in [0.25, 0.3) is 5.56 Å². The molecule has 19 heavy (non-hydrogen) atoms. The molecule has 1 aliphatic rings. The molecule has 2 aromatic rings. The highest BCUT2D eigenvalue weighted by atomic mass is 32.2. The van der Waals surface area contributed by atoms with Gasteiger partial charge in [0.2, 0.25) is 0 Å². The Bertz CT molecular complexity index is 700. The fraction of sp³-hybridized carbons (Fsp3) is 0.333. The van der Waals surface area contributed by atoms with Gasteiger partial charge in [0.1, 0.15) is 11.1 Å². The van der Waals surface area contributed by atoms with Gasteiger partial charge in [-0.05, 0) is 18.9 Å².